The van der Waals surface area contributed by atoms with Gasteiger partial charge in [-0.2, -0.15) is 0 Å². The summed E-state index contributed by atoms with van der Waals surface area (Å²) in [5.41, 5.74) is 3.59. The molecule has 5 nitrogen and oxygen atoms in total. The molecule has 1 heterocycles. The van der Waals surface area contributed by atoms with Gasteiger partial charge < -0.3 is 15.4 Å². The molecule has 0 unspecified atom stereocenters. The summed E-state index contributed by atoms with van der Waals surface area (Å²) in [6.45, 7) is 7.51. The highest BCUT2D eigenvalue weighted by Crippen LogP contribution is 2.11. The van der Waals surface area contributed by atoms with Crippen LogP contribution in [0.15, 0.2) is 54.6 Å². The Labute approximate surface area is 161 Å². The van der Waals surface area contributed by atoms with Gasteiger partial charge in [-0.3, -0.25) is 9.69 Å². The molecule has 0 aromatic heterocycles. The van der Waals surface area contributed by atoms with Crippen molar-refractivity contribution in [2.45, 2.75) is 26.1 Å². The Kier molecular flexibility index (Phi) is 7.39. The van der Waals surface area contributed by atoms with Crippen LogP contribution in [-0.4, -0.2) is 43.7 Å². The molecule has 1 amide bonds. The van der Waals surface area contributed by atoms with Crippen LogP contribution in [-0.2, 0) is 22.6 Å². The minimum absolute atomic E-state index is 0.00942. The van der Waals surface area contributed by atoms with Crippen molar-refractivity contribution in [3.8, 4) is 0 Å². The largest absolute Gasteiger partial charge is 0.379 e. The SMILES string of the molecule is C[C@@H](NCC(=O)NCc1ccc(CN2CCOCC2)cc1)c1ccccc1. The van der Waals surface area contributed by atoms with E-state index in [0.717, 1.165) is 38.4 Å². The number of benzene rings is 2. The Hall–Kier alpha value is -2.21. The van der Waals surface area contributed by atoms with Crippen LogP contribution < -0.4 is 10.6 Å². The van der Waals surface area contributed by atoms with Gasteiger partial charge in [-0.1, -0.05) is 54.6 Å². The first kappa shape index (κ1) is 19.5. The number of carbonyl (C=O) groups is 1. The Balaban J connectivity index is 1.38. The predicted molar refractivity (Wildman–Crippen MR) is 107 cm³/mol. The van der Waals surface area contributed by atoms with Crippen molar-refractivity contribution in [1.82, 2.24) is 15.5 Å². The lowest BCUT2D eigenvalue weighted by atomic mass is 10.1. The summed E-state index contributed by atoms with van der Waals surface area (Å²) in [4.78, 5) is 14.5. The van der Waals surface area contributed by atoms with Crippen LogP contribution in [0.25, 0.3) is 0 Å². The van der Waals surface area contributed by atoms with E-state index in [1.165, 1.54) is 11.1 Å². The number of rotatable bonds is 8. The van der Waals surface area contributed by atoms with Gasteiger partial charge in [0.05, 0.1) is 19.8 Å². The van der Waals surface area contributed by atoms with E-state index in [-0.39, 0.29) is 11.9 Å². The molecule has 2 aromatic rings. The molecule has 1 atom stereocenters. The first-order chi connectivity index (χ1) is 13.2. The monoisotopic (exact) mass is 367 g/mol. The fourth-order valence-electron chi connectivity index (χ4n) is 3.15. The van der Waals surface area contributed by atoms with Crippen LogP contribution in [0.2, 0.25) is 0 Å². The van der Waals surface area contributed by atoms with Gasteiger partial charge in [0.15, 0.2) is 0 Å². The minimum atomic E-state index is 0.00942. The van der Waals surface area contributed by atoms with E-state index in [0.29, 0.717) is 13.1 Å². The lowest BCUT2D eigenvalue weighted by Crippen LogP contribution is -2.35. The van der Waals surface area contributed by atoms with E-state index in [4.69, 9.17) is 4.74 Å². The lowest BCUT2D eigenvalue weighted by Gasteiger charge is -2.26. The zero-order chi connectivity index (χ0) is 18.9. The maximum Gasteiger partial charge on any atom is 0.234 e. The van der Waals surface area contributed by atoms with Crippen LogP contribution >= 0.6 is 0 Å². The van der Waals surface area contributed by atoms with E-state index in [9.17, 15) is 4.79 Å². The second kappa shape index (κ2) is 10.2. The van der Waals surface area contributed by atoms with Gasteiger partial charge in [-0.05, 0) is 23.6 Å². The highest BCUT2D eigenvalue weighted by Gasteiger charge is 2.11. The zero-order valence-electron chi connectivity index (χ0n) is 16.0. The maximum absolute atomic E-state index is 12.1. The quantitative estimate of drug-likeness (QED) is 0.753. The summed E-state index contributed by atoms with van der Waals surface area (Å²) < 4.78 is 5.38. The molecule has 1 aliphatic heterocycles. The van der Waals surface area contributed by atoms with Crippen LogP contribution in [0, 0.1) is 0 Å². The number of morpholine rings is 1. The number of hydrogen-bond donors (Lipinski definition) is 2. The molecule has 2 aromatic carbocycles. The molecule has 27 heavy (non-hydrogen) atoms. The lowest BCUT2D eigenvalue weighted by molar-refractivity contribution is -0.120. The molecule has 0 bridgehead atoms. The molecular formula is C22H29N3O2. The second-order valence-electron chi connectivity index (χ2n) is 7.00. The van der Waals surface area contributed by atoms with Crippen molar-refractivity contribution in [1.29, 1.82) is 0 Å². The molecule has 1 saturated heterocycles. The van der Waals surface area contributed by atoms with Crippen molar-refractivity contribution in [3.05, 3.63) is 71.3 Å². The number of ether oxygens (including phenoxy) is 1. The summed E-state index contributed by atoms with van der Waals surface area (Å²) in [6, 6.07) is 18.8. The molecule has 0 spiro atoms. The van der Waals surface area contributed by atoms with Gasteiger partial charge in [0.1, 0.15) is 0 Å². The topological polar surface area (TPSA) is 53.6 Å². The standard InChI is InChI=1S/C22H29N3O2/c1-18(21-5-3-2-4-6-21)23-16-22(26)24-15-19-7-9-20(10-8-19)17-25-11-13-27-14-12-25/h2-10,18,23H,11-17H2,1H3,(H,24,26)/t18-/m1/s1. The Morgan fingerprint density at radius 3 is 2.41 bits per heavy atom. The molecule has 0 aliphatic carbocycles. The van der Waals surface area contributed by atoms with Gasteiger partial charge in [0.25, 0.3) is 0 Å². The minimum Gasteiger partial charge on any atom is -0.379 e. The van der Waals surface area contributed by atoms with E-state index in [1.54, 1.807) is 0 Å². The van der Waals surface area contributed by atoms with Crippen LogP contribution in [0.1, 0.15) is 29.7 Å². The van der Waals surface area contributed by atoms with Crippen LogP contribution in [0.3, 0.4) is 0 Å². The van der Waals surface area contributed by atoms with Gasteiger partial charge in [0.2, 0.25) is 5.91 Å². The Bertz CT molecular complexity index is 697. The number of nitrogens with zero attached hydrogens (tertiary/aromatic N) is 1. The molecule has 1 fully saturated rings. The molecule has 144 valence electrons. The van der Waals surface area contributed by atoms with Crippen molar-refractivity contribution >= 4 is 5.91 Å². The van der Waals surface area contributed by atoms with E-state index in [2.05, 4.69) is 58.9 Å². The number of amides is 1. The number of hydrogen-bond acceptors (Lipinski definition) is 4. The second-order valence-corrected chi connectivity index (χ2v) is 7.00. The Morgan fingerprint density at radius 2 is 1.70 bits per heavy atom. The molecule has 0 radical (unpaired) electrons. The third-order valence-corrected chi connectivity index (χ3v) is 4.89. The molecule has 3 rings (SSSR count). The smallest absolute Gasteiger partial charge is 0.234 e. The number of carbonyl (C=O) groups excluding carboxylic acids is 1. The highest BCUT2D eigenvalue weighted by atomic mass is 16.5. The van der Waals surface area contributed by atoms with Crippen molar-refractivity contribution in [2.75, 3.05) is 32.8 Å². The van der Waals surface area contributed by atoms with Gasteiger partial charge in [0, 0.05) is 32.2 Å². The van der Waals surface area contributed by atoms with Gasteiger partial charge in [-0.15, -0.1) is 0 Å². The third kappa shape index (κ3) is 6.47. The zero-order valence-corrected chi connectivity index (χ0v) is 16.0. The molecule has 5 heteroatoms. The highest BCUT2D eigenvalue weighted by molar-refractivity contribution is 5.78. The first-order valence-corrected chi connectivity index (χ1v) is 9.63. The van der Waals surface area contributed by atoms with Crippen molar-refractivity contribution in [2.24, 2.45) is 0 Å². The molecule has 0 saturated carbocycles. The van der Waals surface area contributed by atoms with E-state index >= 15 is 0 Å². The molecular weight excluding hydrogens is 338 g/mol. The van der Waals surface area contributed by atoms with E-state index in [1.807, 2.05) is 18.2 Å². The summed E-state index contributed by atoms with van der Waals surface area (Å²) in [5, 5.41) is 6.24. The average Bonchev–Trinajstić information content (AvgIpc) is 2.73. The predicted octanol–water partition coefficient (Wildman–Crippen LogP) is 2.49. The summed E-state index contributed by atoms with van der Waals surface area (Å²) in [7, 11) is 0. The van der Waals surface area contributed by atoms with Crippen LogP contribution in [0.4, 0.5) is 0 Å². The van der Waals surface area contributed by atoms with Gasteiger partial charge >= 0.3 is 0 Å². The summed E-state index contributed by atoms with van der Waals surface area (Å²) in [5.74, 6) is 0.00942. The Morgan fingerprint density at radius 1 is 1.04 bits per heavy atom. The molecule has 1 aliphatic rings. The fourth-order valence-corrected chi connectivity index (χ4v) is 3.15. The van der Waals surface area contributed by atoms with Crippen LogP contribution in [0.5, 0.6) is 0 Å². The fraction of sp³-hybridized carbons (Fsp3) is 0.409. The molecule has 2 N–H and O–H groups in total. The normalized spacial score (nSPS) is 16.0. The maximum atomic E-state index is 12.1. The average molecular weight is 367 g/mol. The first-order valence-electron chi connectivity index (χ1n) is 9.63. The third-order valence-electron chi connectivity index (χ3n) is 4.89. The van der Waals surface area contributed by atoms with Gasteiger partial charge in [-0.25, -0.2) is 0 Å². The van der Waals surface area contributed by atoms with Crippen molar-refractivity contribution in [3.63, 3.8) is 0 Å². The van der Waals surface area contributed by atoms with Crippen molar-refractivity contribution < 1.29 is 9.53 Å². The van der Waals surface area contributed by atoms with E-state index < -0.39 is 0 Å². The summed E-state index contributed by atoms with van der Waals surface area (Å²) in [6.07, 6.45) is 0. The number of nitrogens with one attached hydrogen (secondary N) is 2. The summed E-state index contributed by atoms with van der Waals surface area (Å²) >= 11 is 0.